The van der Waals surface area contributed by atoms with Crippen LogP contribution in [0.25, 0.3) is 22.0 Å². The SMILES string of the molecule is CC(=O)C(C)(C)c1cccc(-c2ccc(CN(Cc3ccc(C(F)(F)F)o3)C(=O)c3c4c(nc5ccccc35)CCCC4)cc2)c1. The van der Waals surface area contributed by atoms with E-state index in [4.69, 9.17) is 9.40 Å². The normalized spacial score (nSPS) is 13.4. The number of nitrogens with zero attached hydrogens (tertiary/aromatic N) is 2. The Morgan fingerprint density at radius 1 is 0.848 bits per heavy atom. The summed E-state index contributed by atoms with van der Waals surface area (Å²) in [4.78, 5) is 33.2. The van der Waals surface area contributed by atoms with Crippen molar-refractivity contribution in [3.63, 3.8) is 0 Å². The number of carbonyl (C=O) groups excluding carboxylic acids is 2. The third-order valence-corrected chi connectivity index (χ3v) is 9.08. The van der Waals surface area contributed by atoms with Gasteiger partial charge in [-0.15, -0.1) is 0 Å². The molecule has 0 saturated carbocycles. The summed E-state index contributed by atoms with van der Waals surface area (Å²) in [7, 11) is 0. The number of hydrogen-bond donors (Lipinski definition) is 0. The number of alkyl halides is 3. The molecule has 236 valence electrons. The molecule has 2 aromatic heterocycles. The summed E-state index contributed by atoms with van der Waals surface area (Å²) < 4.78 is 45.3. The van der Waals surface area contributed by atoms with Crippen LogP contribution < -0.4 is 0 Å². The Bertz CT molecular complexity index is 1920. The van der Waals surface area contributed by atoms with Gasteiger partial charge in [-0.2, -0.15) is 13.2 Å². The average molecular weight is 625 g/mol. The Hall–Kier alpha value is -4.72. The highest BCUT2D eigenvalue weighted by molar-refractivity contribution is 6.07. The lowest BCUT2D eigenvalue weighted by molar-refractivity contribution is -0.153. The fourth-order valence-corrected chi connectivity index (χ4v) is 6.09. The second-order valence-corrected chi connectivity index (χ2v) is 12.5. The first-order valence-electron chi connectivity index (χ1n) is 15.5. The zero-order chi connectivity index (χ0) is 32.6. The molecule has 0 spiro atoms. The number of carbonyl (C=O) groups is 2. The Morgan fingerprint density at radius 2 is 1.59 bits per heavy atom. The van der Waals surface area contributed by atoms with E-state index in [1.54, 1.807) is 11.8 Å². The Morgan fingerprint density at radius 3 is 2.30 bits per heavy atom. The molecule has 2 heterocycles. The first-order valence-corrected chi connectivity index (χ1v) is 15.5. The number of aromatic nitrogens is 1. The van der Waals surface area contributed by atoms with Gasteiger partial charge in [0.05, 0.1) is 17.6 Å². The van der Waals surface area contributed by atoms with E-state index in [0.29, 0.717) is 5.56 Å². The van der Waals surface area contributed by atoms with Crippen molar-refractivity contribution >= 4 is 22.6 Å². The summed E-state index contributed by atoms with van der Waals surface area (Å²) in [6.07, 6.45) is -1.20. The van der Waals surface area contributed by atoms with Crippen LogP contribution in [-0.4, -0.2) is 21.6 Å². The van der Waals surface area contributed by atoms with Gasteiger partial charge in [0.1, 0.15) is 11.5 Å². The molecule has 5 aromatic rings. The molecule has 0 N–H and O–H groups in total. The molecule has 1 amide bonds. The van der Waals surface area contributed by atoms with E-state index in [2.05, 4.69) is 0 Å². The van der Waals surface area contributed by atoms with Crippen LogP contribution >= 0.6 is 0 Å². The first-order chi connectivity index (χ1) is 21.9. The van der Waals surface area contributed by atoms with Gasteiger partial charge in [-0.3, -0.25) is 14.6 Å². The topological polar surface area (TPSA) is 63.4 Å². The van der Waals surface area contributed by atoms with Crippen LogP contribution in [0.15, 0.2) is 89.3 Å². The quantitative estimate of drug-likeness (QED) is 0.173. The van der Waals surface area contributed by atoms with Gasteiger partial charge in [0, 0.05) is 23.0 Å². The number of Topliss-reactive ketones (excluding diaryl/α,β-unsaturated/α-hetero) is 1. The maximum absolute atomic E-state index is 14.5. The zero-order valence-electron chi connectivity index (χ0n) is 26.1. The first kappa shape index (κ1) is 31.3. The van der Waals surface area contributed by atoms with Crippen LogP contribution in [0.1, 0.15) is 77.9 Å². The summed E-state index contributed by atoms with van der Waals surface area (Å²) in [5, 5.41) is 0.734. The molecule has 46 heavy (non-hydrogen) atoms. The Balaban J connectivity index is 1.36. The predicted octanol–water partition coefficient (Wildman–Crippen LogP) is 9.10. The molecule has 1 aliphatic carbocycles. The Kier molecular flexibility index (Phi) is 8.32. The second-order valence-electron chi connectivity index (χ2n) is 12.5. The highest BCUT2D eigenvalue weighted by atomic mass is 19.4. The van der Waals surface area contributed by atoms with E-state index in [9.17, 15) is 22.8 Å². The Labute approximate surface area is 266 Å². The number of amides is 1. The third kappa shape index (κ3) is 6.21. The third-order valence-electron chi connectivity index (χ3n) is 9.08. The van der Waals surface area contributed by atoms with Crippen LogP contribution in [0.4, 0.5) is 13.2 Å². The number of hydrogen-bond acceptors (Lipinski definition) is 4. The number of para-hydroxylation sites is 1. The summed E-state index contributed by atoms with van der Waals surface area (Å²) >= 11 is 0. The number of halogens is 3. The second kappa shape index (κ2) is 12.2. The van der Waals surface area contributed by atoms with E-state index >= 15 is 0 Å². The van der Waals surface area contributed by atoms with E-state index in [1.165, 1.54) is 6.07 Å². The molecule has 6 rings (SSSR count). The summed E-state index contributed by atoms with van der Waals surface area (Å²) in [6.45, 7) is 5.42. The van der Waals surface area contributed by atoms with Crippen LogP contribution in [0.3, 0.4) is 0 Å². The summed E-state index contributed by atoms with van der Waals surface area (Å²) in [6, 6.07) is 25.3. The summed E-state index contributed by atoms with van der Waals surface area (Å²) in [5.41, 5.74) is 6.12. The molecule has 3 aromatic carbocycles. The summed E-state index contributed by atoms with van der Waals surface area (Å²) in [5.74, 6) is -1.24. The fourth-order valence-electron chi connectivity index (χ4n) is 6.09. The minimum atomic E-state index is -4.62. The van der Waals surface area contributed by atoms with Crippen molar-refractivity contribution in [2.45, 2.75) is 71.1 Å². The van der Waals surface area contributed by atoms with Crippen molar-refractivity contribution < 1.29 is 27.2 Å². The fraction of sp³-hybridized carbons (Fsp3) is 0.289. The van der Waals surface area contributed by atoms with Gasteiger partial charge < -0.3 is 9.32 Å². The standard InChI is InChI=1S/C38H35F3N2O3/c1-24(44)37(2,3)28-10-8-9-27(21-28)26-17-15-25(16-18-26)22-43(23-29-19-20-34(46-29)38(39,40)41)36(45)35-30-11-4-6-13-32(30)42-33-14-7-5-12-31(33)35/h4,6,8-11,13,15-21H,5,7,12,14,22-23H2,1-3H3. The molecular weight excluding hydrogens is 589 g/mol. The van der Waals surface area contributed by atoms with Crippen molar-refractivity contribution in [2.24, 2.45) is 0 Å². The molecule has 0 unspecified atom stereocenters. The molecule has 0 bridgehead atoms. The maximum Gasteiger partial charge on any atom is 0.449 e. The molecular formula is C38H35F3N2O3. The molecule has 1 aliphatic rings. The van der Waals surface area contributed by atoms with E-state index in [1.807, 2.05) is 86.6 Å². The van der Waals surface area contributed by atoms with Crippen molar-refractivity contribution in [3.05, 3.63) is 124 Å². The number of fused-ring (bicyclic) bond motifs is 2. The van der Waals surface area contributed by atoms with Gasteiger partial charge in [-0.05, 0) is 92.5 Å². The monoisotopic (exact) mass is 624 g/mol. The van der Waals surface area contributed by atoms with Gasteiger partial charge in [-0.1, -0.05) is 66.7 Å². The van der Waals surface area contributed by atoms with Crippen molar-refractivity contribution in [2.75, 3.05) is 0 Å². The highest BCUT2D eigenvalue weighted by Crippen LogP contribution is 2.34. The molecule has 0 atom stereocenters. The van der Waals surface area contributed by atoms with E-state index in [0.717, 1.165) is 76.2 Å². The lowest BCUT2D eigenvalue weighted by Gasteiger charge is -2.26. The number of rotatable bonds is 8. The van der Waals surface area contributed by atoms with E-state index in [-0.39, 0.29) is 30.5 Å². The molecule has 8 heteroatoms. The van der Waals surface area contributed by atoms with Crippen LogP contribution in [-0.2, 0) is 42.3 Å². The minimum absolute atomic E-state index is 0.0504. The molecule has 0 fully saturated rings. The van der Waals surface area contributed by atoms with Crippen LogP contribution in [0, 0.1) is 0 Å². The van der Waals surface area contributed by atoms with Gasteiger partial charge in [0.25, 0.3) is 5.91 Å². The van der Waals surface area contributed by atoms with Crippen molar-refractivity contribution in [1.29, 1.82) is 0 Å². The van der Waals surface area contributed by atoms with Gasteiger partial charge >= 0.3 is 6.18 Å². The highest BCUT2D eigenvalue weighted by Gasteiger charge is 2.35. The van der Waals surface area contributed by atoms with Gasteiger partial charge in [0.2, 0.25) is 5.76 Å². The maximum atomic E-state index is 14.5. The van der Waals surface area contributed by atoms with Crippen LogP contribution in [0.5, 0.6) is 0 Å². The van der Waals surface area contributed by atoms with Gasteiger partial charge in [0.15, 0.2) is 0 Å². The van der Waals surface area contributed by atoms with E-state index < -0.39 is 17.4 Å². The zero-order valence-corrected chi connectivity index (χ0v) is 26.1. The van der Waals surface area contributed by atoms with Crippen molar-refractivity contribution in [1.82, 2.24) is 9.88 Å². The molecule has 0 aliphatic heterocycles. The number of furan rings is 1. The lowest BCUT2D eigenvalue weighted by Crippen LogP contribution is -2.32. The lowest BCUT2D eigenvalue weighted by atomic mass is 9.80. The van der Waals surface area contributed by atoms with Gasteiger partial charge in [-0.25, -0.2) is 0 Å². The largest absolute Gasteiger partial charge is 0.455 e. The minimum Gasteiger partial charge on any atom is -0.455 e. The molecule has 5 nitrogen and oxygen atoms in total. The molecule has 0 radical (unpaired) electrons. The number of pyridine rings is 1. The number of benzene rings is 3. The van der Waals surface area contributed by atoms with Crippen LogP contribution in [0.2, 0.25) is 0 Å². The predicted molar refractivity (Wildman–Crippen MR) is 171 cm³/mol. The number of aryl methyl sites for hydroxylation is 1. The number of ketones is 1. The smallest absolute Gasteiger partial charge is 0.449 e. The van der Waals surface area contributed by atoms with Crippen molar-refractivity contribution in [3.8, 4) is 11.1 Å². The molecule has 0 saturated heterocycles. The average Bonchev–Trinajstić information content (AvgIpc) is 3.53.